The van der Waals surface area contributed by atoms with E-state index in [0.717, 1.165) is 15.4 Å². The quantitative estimate of drug-likeness (QED) is 0.640. The maximum absolute atomic E-state index is 11.1. The van der Waals surface area contributed by atoms with Crippen molar-refractivity contribution >= 4 is 44.0 Å². The molecule has 0 spiro atoms. The number of hydrogen-bond donors (Lipinski definition) is 2. The van der Waals surface area contributed by atoms with Crippen LogP contribution in [0.25, 0.3) is 0 Å². The van der Waals surface area contributed by atoms with E-state index in [1.54, 1.807) is 12.1 Å². The molecule has 0 aliphatic carbocycles. The third-order valence-electron chi connectivity index (χ3n) is 1.67. The number of rotatable bonds is 2. The van der Waals surface area contributed by atoms with Gasteiger partial charge in [0, 0.05) is 5.69 Å². The largest absolute Gasteiger partial charge is 0.398 e. The predicted molar refractivity (Wildman–Crippen MR) is 66.8 cm³/mol. The van der Waals surface area contributed by atoms with E-state index in [2.05, 4.69) is 4.72 Å². The van der Waals surface area contributed by atoms with Gasteiger partial charge in [-0.3, -0.25) is 4.72 Å². The van der Waals surface area contributed by atoms with E-state index in [1.807, 2.05) is 29.5 Å². The summed E-state index contributed by atoms with van der Waals surface area (Å²) in [5, 5.41) is 0. The van der Waals surface area contributed by atoms with Crippen LogP contribution in [-0.4, -0.2) is 14.7 Å². The maximum atomic E-state index is 11.1. The number of aryl methyl sites for hydroxylation is 1. The number of nitrogens with one attached hydrogen (secondary N) is 1. The van der Waals surface area contributed by atoms with E-state index < -0.39 is 10.0 Å². The van der Waals surface area contributed by atoms with Crippen LogP contribution in [0.5, 0.6) is 0 Å². The smallest absolute Gasteiger partial charge is 0.229 e. The Morgan fingerprint density at radius 3 is 2.50 bits per heavy atom. The van der Waals surface area contributed by atoms with Crippen molar-refractivity contribution in [3.63, 3.8) is 0 Å². The molecule has 4 nitrogen and oxygen atoms in total. The highest BCUT2D eigenvalue weighted by Crippen LogP contribution is 2.28. The van der Waals surface area contributed by atoms with E-state index in [0.29, 0.717) is 11.4 Å². The zero-order valence-electron chi connectivity index (χ0n) is 7.83. The molecule has 1 aromatic rings. The number of anilines is 2. The van der Waals surface area contributed by atoms with Gasteiger partial charge in [-0.2, -0.15) is 0 Å². The molecule has 0 aliphatic heterocycles. The monoisotopic (exact) mass is 326 g/mol. The fourth-order valence-electron chi connectivity index (χ4n) is 0.999. The second-order valence-corrected chi connectivity index (χ2v) is 5.86. The van der Waals surface area contributed by atoms with Gasteiger partial charge in [0.05, 0.1) is 15.5 Å². The van der Waals surface area contributed by atoms with Crippen molar-refractivity contribution in [2.75, 3.05) is 16.7 Å². The van der Waals surface area contributed by atoms with Gasteiger partial charge in [-0.15, -0.1) is 0 Å². The Labute approximate surface area is 97.1 Å². The summed E-state index contributed by atoms with van der Waals surface area (Å²) in [7, 11) is -3.25. The molecule has 0 aromatic heterocycles. The Balaban J connectivity index is 3.27. The summed E-state index contributed by atoms with van der Waals surface area (Å²) < 4.78 is 25.3. The second kappa shape index (κ2) is 3.93. The molecule has 0 unspecified atom stereocenters. The molecular weight excluding hydrogens is 315 g/mol. The van der Waals surface area contributed by atoms with E-state index in [1.165, 1.54) is 0 Å². The van der Waals surface area contributed by atoms with E-state index in [-0.39, 0.29) is 0 Å². The van der Waals surface area contributed by atoms with Crippen LogP contribution in [0.15, 0.2) is 12.1 Å². The van der Waals surface area contributed by atoms with Gasteiger partial charge >= 0.3 is 0 Å². The molecule has 0 saturated heterocycles. The molecule has 1 rings (SSSR count). The van der Waals surface area contributed by atoms with Crippen molar-refractivity contribution in [3.05, 3.63) is 21.3 Å². The molecular formula is C8H11IN2O2S. The first kappa shape index (κ1) is 11.6. The molecule has 6 heteroatoms. The molecule has 0 heterocycles. The number of nitrogen functional groups attached to an aromatic ring is 1. The van der Waals surface area contributed by atoms with Gasteiger partial charge in [-0.05, 0) is 41.1 Å². The summed E-state index contributed by atoms with van der Waals surface area (Å²) in [4.78, 5) is 0. The zero-order chi connectivity index (χ0) is 10.9. The Kier molecular flexibility index (Phi) is 3.25. The van der Waals surface area contributed by atoms with Gasteiger partial charge in [-0.25, -0.2) is 8.42 Å². The van der Waals surface area contributed by atoms with E-state index >= 15 is 0 Å². The Bertz CT molecular complexity index is 457. The topological polar surface area (TPSA) is 72.2 Å². The SMILES string of the molecule is Cc1ccc(N)c(I)c1NS(C)(=O)=O. The Hall–Kier alpha value is -0.500. The molecule has 0 bridgehead atoms. The average Bonchev–Trinajstić information content (AvgIpc) is 2.04. The van der Waals surface area contributed by atoms with Crippen molar-refractivity contribution in [1.82, 2.24) is 0 Å². The van der Waals surface area contributed by atoms with Crippen LogP contribution in [0.4, 0.5) is 11.4 Å². The van der Waals surface area contributed by atoms with Crippen molar-refractivity contribution in [1.29, 1.82) is 0 Å². The standard InChI is InChI=1S/C8H11IN2O2S/c1-5-3-4-6(10)7(9)8(5)11-14(2,12)13/h3-4,11H,10H2,1-2H3. The highest BCUT2D eigenvalue weighted by atomic mass is 127. The highest BCUT2D eigenvalue weighted by molar-refractivity contribution is 14.1. The Morgan fingerprint density at radius 1 is 1.43 bits per heavy atom. The number of hydrogen-bond acceptors (Lipinski definition) is 3. The van der Waals surface area contributed by atoms with Crippen molar-refractivity contribution in [2.45, 2.75) is 6.92 Å². The number of sulfonamides is 1. The van der Waals surface area contributed by atoms with Crippen molar-refractivity contribution in [3.8, 4) is 0 Å². The molecule has 0 radical (unpaired) electrons. The molecule has 0 fully saturated rings. The van der Waals surface area contributed by atoms with E-state index in [9.17, 15) is 8.42 Å². The minimum atomic E-state index is -3.25. The molecule has 78 valence electrons. The molecule has 0 atom stereocenters. The third-order valence-corrected chi connectivity index (χ3v) is 3.40. The fourth-order valence-corrected chi connectivity index (χ4v) is 2.56. The maximum Gasteiger partial charge on any atom is 0.229 e. The zero-order valence-corrected chi connectivity index (χ0v) is 10.8. The predicted octanol–water partition coefficient (Wildman–Crippen LogP) is 1.55. The molecule has 3 N–H and O–H groups in total. The fraction of sp³-hybridized carbons (Fsp3) is 0.250. The van der Waals surface area contributed by atoms with Gasteiger partial charge < -0.3 is 5.73 Å². The normalized spacial score (nSPS) is 11.4. The number of benzene rings is 1. The minimum absolute atomic E-state index is 0.563. The first-order chi connectivity index (χ1) is 6.31. The van der Waals surface area contributed by atoms with Gasteiger partial charge in [0.25, 0.3) is 0 Å². The van der Waals surface area contributed by atoms with Gasteiger partial charge in [-0.1, -0.05) is 6.07 Å². The summed E-state index contributed by atoms with van der Waals surface area (Å²) in [6.07, 6.45) is 1.12. The lowest BCUT2D eigenvalue weighted by Gasteiger charge is -2.11. The second-order valence-electron chi connectivity index (χ2n) is 3.03. The summed E-state index contributed by atoms with van der Waals surface area (Å²) in [6.45, 7) is 1.83. The van der Waals surface area contributed by atoms with Crippen LogP contribution in [0.1, 0.15) is 5.56 Å². The van der Waals surface area contributed by atoms with Gasteiger partial charge in [0.1, 0.15) is 0 Å². The van der Waals surface area contributed by atoms with Gasteiger partial charge in [0.15, 0.2) is 0 Å². The first-order valence-corrected chi connectivity index (χ1v) is 6.80. The van der Waals surface area contributed by atoms with Crippen LogP contribution < -0.4 is 10.5 Å². The molecule has 0 saturated carbocycles. The molecule has 0 amide bonds. The van der Waals surface area contributed by atoms with Crippen LogP contribution in [0, 0.1) is 10.5 Å². The van der Waals surface area contributed by atoms with Crippen LogP contribution in [-0.2, 0) is 10.0 Å². The third kappa shape index (κ3) is 2.74. The van der Waals surface area contributed by atoms with Crippen LogP contribution in [0.2, 0.25) is 0 Å². The highest BCUT2D eigenvalue weighted by Gasteiger charge is 2.10. The van der Waals surface area contributed by atoms with Crippen molar-refractivity contribution < 1.29 is 8.42 Å². The molecule has 1 aromatic carbocycles. The Morgan fingerprint density at radius 2 is 2.00 bits per heavy atom. The number of halogens is 1. The van der Waals surface area contributed by atoms with Crippen molar-refractivity contribution in [2.24, 2.45) is 0 Å². The summed E-state index contributed by atoms with van der Waals surface area (Å²) in [6, 6.07) is 3.54. The first-order valence-electron chi connectivity index (χ1n) is 3.83. The summed E-state index contributed by atoms with van der Waals surface area (Å²) >= 11 is 2.02. The van der Waals surface area contributed by atoms with Gasteiger partial charge in [0.2, 0.25) is 10.0 Å². The van der Waals surface area contributed by atoms with Crippen LogP contribution >= 0.6 is 22.6 Å². The lowest BCUT2D eigenvalue weighted by Crippen LogP contribution is -2.12. The summed E-state index contributed by atoms with van der Waals surface area (Å²) in [5.74, 6) is 0. The summed E-state index contributed by atoms with van der Waals surface area (Å²) in [5.41, 5.74) is 7.66. The minimum Gasteiger partial charge on any atom is -0.398 e. The number of nitrogens with two attached hydrogens (primary N) is 1. The average molecular weight is 326 g/mol. The molecule has 0 aliphatic rings. The van der Waals surface area contributed by atoms with E-state index in [4.69, 9.17) is 5.73 Å². The molecule has 14 heavy (non-hydrogen) atoms. The van der Waals surface area contributed by atoms with Crippen LogP contribution in [0.3, 0.4) is 0 Å². The lowest BCUT2D eigenvalue weighted by molar-refractivity contribution is 0.606. The lowest BCUT2D eigenvalue weighted by atomic mass is 10.2.